The van der Waals surface area contributed by atoms with Gasteiger partial charge < -0.3 is 4.98 Å². The van der Waals surface area contributed by atoms with Crippen LogP contribution in [0.1, 0.15) is 17.7 Å². The van der Waals surface area contributed by atoms with Crippen LogP contribution in [0.2, 0.25) is 0 Å². The Morgan fingerprint density at radius 2 is 2.40 bits per heavy atom. The molecule has 0 saturated carbocycles. The highest BCUT2D eigenvalue weighted by Crippen LogP contribution is 2.17. The molecule has 1 heterocycles. The van der Waals surface area contributed by atoms with Crippen LogP contribution in [-0.2, 0) is 12.8 Å². The fourth-order valence-corrected chi connectivity index (χ4v) is 1.53. The molecule has 0 aromatic carbocycles. The van der Waals surface area contributed by atoms with Crippen molar-refractivity contribution in [2.75, 3.05) is 0 Å². The molecule has 1 aliphatic carbocycles. The lowest BCUT2D eigenvalue weighted by Gasteiger charge is -1.94. The van der Waals surface area contributed by atoms with E-state index in [1.165, 1.54) is 17.7 Å². The largest absolute Gasteiger partial charge is 0.334 e. The zero-order valence-electron chi connectivity index (χ0n) is 5.55. The van der Waals surface area contributed by atoms with Crippen molar-refractivity contribution in [3.8, 4) is 0 Å². The third kappa shape index (κ3) is 0.865. The molecule has 0 radical (unpaired) electrons. The number of aromatic amines is 1. The zero-order chi connectivity index (χ0) is 6.97. The molecule has 2 nitrogen and oxygen atoms in total. The predicted octanol–water partition coefficient (Wildman–Crippen LogP) is 1.63. The van der Waals surface area contributed by atoms with Crippen molar-refractivity contribution in [1.29, 1.82) is 0 Å². The van der Waals surface area contributed by atoms with Crippen LogP contribution >= 0.6 is 12.2 Å². The molecule has 0 amide bonds. The summed E-state index contributed by atoms with van der Waals surface area (Å²) in [6.07, 6.45) is 5.43. The molecule has 1 N–H and O–H groups in total. The van der Waals surface area contributed by atoms with Gasteiger partial charge in [0.15, 0.2) is 4.77 Å². The second-order valence-electron chi connectivity index (χ2n) is 2.55. The van der Waals surface area contributed by atoms with Gasteiger partial charge in [-0.1, -0.05) is 0 Å². The topological polar surface area (TPSA) is 28.7 Å². The van der Waals surface area contributed by atoms with Gasteiger partial charge in [0.05, 0.1) is 0 Å². The monoisotopic (exact) mass is 152 g/mol. The van der Waals surface area contributed by atoms with Crippen molar-refractivity contribution < 1.29 is 0 Å². The highest BCUT2D eigenvalue weighted by Gasteiger charge is 2.09. The zero-order valence-corrected chi connectivity index (χ0v) is 6.37. The van der Waals surface area contributed by atoms with E-state index in [9.17, 15) is 0 Å². The Labute approximate surface area is 64.3 Å². The fourth-order valence-electron chi connectivity index (χ4n) is 1.35. The van der Waals surface area contributed by atoms with Gasteiger partial charge in [0.1, 0.15) is 0 Å². The summed E-state index contributed by atoms with van der Waals surface area (Å²) in [6, 6.07) is 0. The summed E-state index contributed by atoms with van der Waals surface area (Å²) in [5, 5.41) is 0. The Morgan fingerprint density at radius 1 is 1.50 bits per heavy atom. The molecule has 0 spiro atoms. The van der Waals surface area contributed by atoms with Crippen LogP contribution < -0.4 is 0 Å². The summed E-state index contributed by atoms with van der Waals surface area (Å²) < 4.78 is 0.612. The molecule has 1 aromatic rings. The molecule has 1 aromatic heterocycles. The maximum atomic E-state index is 4.89. The first-order valence-corrected chi connectivity index (χ1v) is 3.84. The second kappa shape index (κ2) is 2.16. The normalized spacial score (nSPS) is 15.2. The summed E-state index contributed by atoms with van der Waals surface area (Å²) in [4.78, 5) is 7.10. The van der Waals surface area contributed by atoms with E-state index in [0.717, 1.165) is 12.8 Å². The van der Waals surface area contributed by atoms with Crippen LogP contribution in [0.3, 0.4) is 0 Å². The number of hydrogen-bond acceptors (Lipinski definition) is 2. The fraction of sp³-hybridized carbons (Fsp3) is 0.429. The highest BCUT2D eigenvalue weighted by atomic mass is 32.1. The average Bonchev–Trinajstić information content (AvgIpc) is 2.33. The number of rotatable bonds is 0. The highest BCUT2D eigenvalue weighted by molar-refractivity contribution is 7.71. The molecule has 0 bridgehead atoms. The minimum atomic E-state index is 0.612. The molecule has 2 rings (SSSR count). The molecule has 52 valence electrons. The van der Waals surface area contributed by atoms with E-state index in [4.69, 9.17) is 12.2 Å². The number of aromatic nitrogens is 2. The van der Waals surface area contributed by atoms with Crippen LogP contribution in [0.25, 0.3) is 0 Å². The summed E-state index contributed by atoms with van der Waals surface area (Å²) in [5.74, 6) is 0. The smallest absolute Gasteiger partial charge is 0.196 e. The molecule has 3 heteroatoms. The molecule has 0 aliphatic heterocycles. The van der Waals surface area contributed by atoms with E-state index in [2.05, 4.69) is 9.97 Å². The van der Waals surface area contributed by atoms with Gasteiger partial charge >= 0.3 is 0 Å². The van der Waals surface area contributed by atoms with E-state index in [0.29, 0.717) is 4.77 Å². The molecule has 0 fully saturated rings. The van der Waals surface area contributed by atoms with Crippen LogP contribution in [-0.4, -0.2) is 9.97 Å². The maximum absolute atomic E-state index is 4.89. The minimum Gasteiger partial charge on any atom is -0.334 e. The molecule has 0 atom stereocenters. The lowest BCUT2D eigenvalue weighted by molar-refractivity contribution is 0.898. The predicted molar refractivity (Wildman–Crippen MR) is 41.4 cm³/mol. The number of aryl methyl sites for hydroxylation is 2. The van der Waals surface area contributed by atoms with E-state index < -0.39 is 0 Å². The Hall–Kier alpha value is -0.700. The van der Waals surface area contributed by atoms with Gasteiger partial charge in [-0.3, -0.25) is 0 Å². The number of nitrogens with one attached hydrogen (secondary N) is 1. The van der Waals surface area contributed by atoms with Crippen molar-refractivity contribution >= 4 is 12.2 Å². The Balaban J connectivity index is 2.63. The molecule has 10 heavy (non-hydrogen) atoms. The van der Waals surface area contributed by atoms with Gasteiger partial charge in [0, 0.05) is 11.9 Å². The van der Waals surface area contributed by atoms with Gasteiger partial charge in [-0.25, -0.2) is 4.98 Å². The number of fused-ring (bicyclic) bond motifs is 1. The summed E-state index contributed by atoms with van der Waals surface area (Å²) >= 11 is 4.89. The first-order chi connectivity index (χ1) is 4.86. The van der Waals surface area contributed by atoms with Crippen molar-refractivity contribution in [1.82, 2.24) is 9.97 Å². The van der Waals surface area contributed by atoms with Crippen molar-refractivity contribution in [2.24, 2.45) is 0 Å². The van der Waals surface area contributed by atoms with Gasteiger partial charge in [-0.15, -0.1) is 0 Å². The molecule has 0 saturated heterocycles. The van der Waals surface area contributed by atoms with Gasteiger partial charge in [0.2, 0.25) is 0 Å². The van der Waals surface area contributed by atoms with Crippen LogP contribution in [0.15, 0.2) is 6.20 Å². The lowest BCUT2D eigenvalue weighted by Crippen LogP contribution is -1.89. The average molecular weight is 152 g/mol. The molecule has 0 unspecified atom stereocenters. The van der Waals surface area contributed by atoms with Crippen LogP contribution in [0, 0.1) is 4.77 Å². The first kappa shape index (κ1) is 6.04. The minimum absolute atomic E-state index is 0.612. The number of hydrogen-bond donors (Lipinski definition) is 1. The summed E-state index contributed by atoms with van der Waals surface area (Å²) in [7, 11) is 0. The summed E-state index contributed by atoms with van der Waals surface area (Å²) in [6.45, 7) is 0. The van der Waals surface area contributed by atoms with Crippen LogP contribution in [0.4, 0.5) is 0 Å². The standard InChI is InChI=1S/C7H8N2S/c10-7-8-4-5-2-1-3-6(5)9-7/h4H,1-3H2,(H,8,9,10). The maximum Gasteiger partial charge on any atom is 0.196 e. The van der Waals surface area contributed by atoms with E-state index in [-0.39, 0.29) is 0 Å². The quantitative estimate of drug-likeness (QED) is 0.572. The molecular formula is C7H8N2S. The number of H-pyrrole nitrogens is 1. The van der Waals surface area contributed by atoms with Gasteiger partial charge in [-0.2, -0.15) is 0 Å². The number of nitrogens with zero attached hydrogens (tertiary/aromatic N) is 1. The third-order valence-corrected chi connectivity index (χ3v) is 2.06. The molecular weight excluding hydrogens is 144 g/mol. The molecule has 1 aliphatic rings. The van der Waals surface area contributed by atoms with E-state index >= 15 is 0 Å². The van der Waals surface area contributed by atoms with Crippen LogP contribution in [0.5, 0.6) is 0 Å². The Morgan fingerprint density at radius 3 is 3.30 bits per heavy atom. The van der Waals surface area contributed by atoms with Crippen molar-refractivity contribution in [3.63, 3.8) is 0 Å². The first-order valence-electron chi connectivity index (χ1n) is 3.43. The lowest BCUT2D eigenvalue weighted by atomic mass is 10.3. The van der Waals surface area contributed by atoms with Crippen molar-refractivity contribution in [3.05, 3.63) is 22.2 Å². The van der Waals surface area contributed by atoms with E-state index in [1.807, 2.05) is 6.20 Å². The SMILES string of the molecule is S=c1ncc2c([nH]1)CCC2. The third-order valence-electron chi connectivity index (χ3n) is 1.86. The van der Waals surface area contributed by atoms with Crippen molar-refractivity contribution in [2.45, 2.75) is 19.3 Å². The van der Waals surface area contributed by atoms with Gasteiger partial charge in [-0.05, 0) is 37.0 Å². The summed E-state index contributed by atoms with van der Waals surface area (Å²) in [5.41, 5.74) is 2.63. The Bertz CT molecular complexity index is 303. The van der Waals surface area contributed by atoms with Gasteiger partial charge in [0.25, 0.3) is 0 Å². The Kier molecular flexibility index (Phi) is 1.31. The van der Waals surface area contributed by atoms with E-state index in [1.54, 1.807) is 0 Å². The second-order valence-corrected chi connectivity index (χ2v) is 2.93.